The maximum atomic E-state index is 7.77. The SMILES string of the molecule is c1ccc(C(c2ccccc2)c2cc3c4c(c2)N(C2C(C5CCCCC5)CCCC2C2CCCCC2)c2cc5c(cc2B4c2ccccc2N3c2ccccc2)C2(c3cc4c(cc3S5)N(C3C(C5CCCCC5)CCCC3C3CCCCC3)c3cc(N(c5ccccc5)c5ccccc5)cc5c3B4c3ccccc3O5)c3ccccc3-c3ccccc32)cc1. The molecule has 5 nitrogen and oxygen atoms in total. The second kappa shape index (κ2) is 31.5. The topological polar surface area (TPSA) is 22.2 Å². The third-order valence-electron chi connectivity index (χ3n) is 33.3. The lowest BCUT2D eigenvalue weighted by Gasteiger charge is -2.55. The highest BCUT2D eigenvalue weighted by Crippen LogP contribution is 2.65. The van der Waals surface area contributed by atoms with Gasteiger partial charge in [0.1, 0.15) is 11.5 Å². The molecule has 8 heteroatoms. The molecule has 4 unspecified atom stereocenters. The fourth-order valence-corrected chi connectivity index (χ4v) is 29.6. The van der Waals surface area contributed by atoms with Gasteiger partial charge < -0.3 is 24.3 Å². The van der Waals surface area contributed by atoms with E-state index >= 15 is 0 Å². The number of nitrogens with zero attached hydrogens (tertiary/aromatic N) is 4. The highest BCUT2D eigenvalue weighted by atomic mass is 32.2. The van der Waals surface area contributed by atoms with Gasteiger partial charge in [0, 0.05) is 85.0 Å². The molecular weight excluding hydrogens is 1520 g/mol. The Labute approximate surface area is 740 Å². The normalized spacial score (nSPS) is 22.3. The summed E-state index contributed by atoms with van der Waals surface area (Å²) in [7, 11) is 0. The van der Waals surface area contributed by atoms with E-state index in [2.05, 4.69) is 329 Å². The van der Waals surface area contributed by atoms with Crippen LogP contribution in [0.5, 0.6) is 11.5 Å². The summed E-state index contributed by atoms with van der Waals surface area (Å²) in [5, 5.41) is 0. The van der Waals surface area contributed by atoms with Crippen molar-refractivity contribution in [2.45, 2.75) is 200 Å². The van der Waals surface area contributed by atoms with Crippen LogP contribution in [0.25, 0.3) is 11.1 Å². The summed E-state index contributed by atoms with van der Waals surface area (Å²) in [6.07, 6.45) is 34.7. The van der Waals surface area contributed by atoms with E-state index in [9.17, 15) is 0 Å². The first kappa shape index (κ1) is 75.8. The van der Waals surface area contributed by atoms with E-state index in [0.717, 1.165) is 28.6 Å². The number of rotatable bonds is 13. The minimum absolute atomic E-state index is 0.0190. The van der Waals surface area contributed by atoms with E-state index in [4.69, 9.17) is 4.74 Å². The van der Waals surface area contributed by atoms with Crippen LogP contribution in [0, 0.1) is 47.3 Å². The number of anilines is 10. The van der Waals surface area contributed by atoms with Crippen molar-refractivity contribution in [2.24, 2.45) is 47.3 Å². The molecule has 614 valence electrons. The minimum atomic E-state index is -0.720. The predicted octanol–water partition coefficient (Wildman–Crippen LogP) is 26.9. The second-order valence-electron chi connectivity index (χ2n) is 39.4. The van der Waals surface area contributed by atoms with Crippen molar-refractivity contribution in [3.05, 3.63) is 336 Å². The first-order chi connectivity index (χ1) is 61.6. The molecule has 25 rings (SSSR count). The Morgan fingerprint density at radius 2 is 0.710 bits per heavy atom. The molecule has 5 heterocycles. The summed E-state index contributed by atoms with van der Waals surface area (Å²) in [6, 6.07) is 119. The quantitative estimate of drug-likeness (QED) is 0.0842. The molecule has 4 atom stereocenters. The van der Waals surface area contributed by atoms with Crippen molar-refractivity contribution in [1.82, 2.24) is 0 Å². The van der Waals surface area contributed by atoms with E-state index in [-0.39, 0.29) is 19.3 Å². The van der Waals surface area contributed by atoms with E-state index in [0.29, 0.717) is 59.4 Å². The number of para-hydroxylation sites is 5. The van der Waals surface area contributed by atoms with Gasteiger partial charge in [-0.3, -0.25) is 0 Å². The molecule has 13 aromatic carbocycles. The lowest BCUT2D eigenvalue weighted by atomic mass is 9.33. The van der Waals surface area contributed by atoms with Crippen LogP contribution in [0.3, 0.4) is 0 Å². The van der Waals surface area contributed by atoms with E-state index in [1.54, 1.807) is 0 Å². The van der Waals surface area contributed by atoms with Crippen LogP contribution in [-0.2, 0) is 5.41 Å². The number of ether oxygens (including phenoxy) is 1. The molecular formula is C116H112B2N4OS. The molecule has 6 fully saturated rings. The van der Waals surface area contributed by atoms with Gasteiger partial charge in [0.25, 0.3) is 13.4 Å². The van der Waals surface area contributed by atoms with Crippen LogP contribution in [0.15, 0.2) is 307 Å². The smallest absolute Gasteiger partial charge is 0.256 e. The zero-order valence-corrected chi connectivity index (χ0v) is 72.6. The van der Waals surface area contributed by atoms with Crippen LogP contribution in [0.2, 0.25) is 0 Å². The number of fused-ring (bicyclic) bond motifs is 17. The molecule has 0 aromatic heterocycles. The predicted molar refractivity (Wildman–Crippen MR) is 520 cm³/mol. The molecule has 0 radical (unpaired) electrons. The molecule has 5 aliphatic heterocycles. The lowest BCUT2D eigenvalue weighted by Crippen LogP contribution is -2.65. The minimum Gasteiger partial charge on any atom is -0.458 e. The van der Waals surface area contributed by atoms with Gasteiger partial charge in [0.15, 0.2) is 0 Å². The Morgan fingerprint density at radius 3 is 1.21 bits per heavy atom. The van der Waals surface area contributed by atoms with Crippen LogP contribution in [-0.4, -0.2) is 25.5 Å². The molecule has 0 N–H and O–H groups in total. The Hall–Kier alpha value is -10.7. The van der Waals surface area contributed by atoms with Crippen LogP contribution < -0.4 is 57.1 Å². The molecule has 0 saturated heterocycles. The standard InChI is InChI=1S/C116H112B2N4OS/c1-10-38-76(39-11-1)87-58-36-59-88(77-40-12-2-13-41-77)114(87)121-102-74-109-95(72-99(102)117-97-64-32-34-66-101(97)120(85-54-26-9-27-55-85)104-68-82(69-105(121)112(104)117)111(80-46-18-5-19-47-80)81-48-20-6-21-49-81)116(93-62-30-28-56-91(93)92-57-29-31-63-94(92)116)96-73-100-103(75-110(96)124-109)122(115-89(78-42-14-3-15-43-78)60-37-61-90(115)79-44-16-4-17-45-79)106-70-86(71-108-113(106)118(100)98-65-33-35-67-107(98)123-108)119(83-50-22-7-23-51-83)84-52-24-8-25-53-84/h5-9,18-35,46-57,62-79,87-90,111,114-115H,1-4,10-17,36-45,58-61H2. The van der Waals surface area contributed by atoms with Gasteiger partial charge in [0.2, 0.25) is 0 Å². The molecule has 0 amide bonds. The van der Waals surface area contributed by atoms with Gasteiger partial charge in [-0.2, -0.15) is 0 Å². The zero-order chi connectivity index (χ0) is 81.5. The summed E-state index contributed by atoms with van der Waals surface area (Å²) in [5.74, 6) is 6.81. The van der Waals surface area contributed by atoms with Gasteiger partial charge in [-0.1, -0.05) is 365 Å². The van der Waals surface area contributed by atoms with E-state index < -0.39 is 5.41 Å². The van der Waals surface area contributed by atoms with Crippen LogP contribution in [0.4, 0.5) is 56.9 Å². The van der Waals surface area contributed by atoms with Gasteiger partial charge in [-0.15, -0.1) is 0 Å². The molecule has 7 aliphatic carbocycles. The maximum Gasteiger partial charge on any atom is 0.256 e. The van der Waals surface area contributed by atoms with E-state index in [1.165, 1.54) is 299 Å². The molecule has 0 bridgehead atoms. The second-order valence-corrected chi connectivity index (χ2v) is 40.5. The molecule has 1 spiro atoms. The van der Waals surface area contributed by atoms with Crippen molar-refractivity contribution in [3.8, 4) is 22.6 Å². The number of benzene rings is 13. The summed E-state index contributed by atoms with van der Waals surface area (Å²) >= 11 is 2.15. The van der Waals surface area contributed by atoms with Gasteiger partial charge >= 0.3 is 0 Å². The van der Waals surface area contributed by atoms with Gasteiger partial charge in [-0.05, 0) is 235 Å². The average molecular weight is 1630 g/mol. The third kappa shape index (κ3) is 12.2. The molecule has 6 saturated carbocycles. The highest BCUT2D eigenvalue weighted by molar-refractivity contribution is 7.99. The van der Waals surface area contributed by atoms with Crippen molar-refractivity contribution >= 4 is 115 Å². The average Bonchev–Trinajstić information content (AvgIpc) is 1.35. The zero-order valence-electron chi connectivity index (χ0n) is 71.8. The number of hydrogen-bond donors (Lipinski definition) is 0. The Balaban J connectivity index is 0.794. The third-order valence-corrected chi connectivity index (χ3v) is 34.5. The van der Waals surface area contributed by atoms with Gasteiger partial charge in [-0.25, -0.2) is 0 Å². The van der Waals surface area contributed by atoms with Crippen LogP contribution >= 0.6 is 11.8 Å². The van der Waals surface area contributed by atoms with Crippen LogP contribution in [0.1, 0.15) is 212 Å². The Bertz CT molecular complexity index is 6020. The fourth-order valence-electron chi connectivity index (χ4n) is 28.4. The highest BCUT2D eigenvalue weighted by Gasteiger charge is 2.58. The first-order valence-electron chi connectivity index (χ1n) is 48.5. The number of hydrogen-bond acceptors (Lipinski definition) is 6. The lowest BCUT2D eigenvalue weighted by molar-refractivity contribution is 0.0839. The van der Waals surface area contributed by atoms with Crippen molar-refractivity contribution < 1.29 is 4.74 Å². The van der Waals surface area contributed by atoms with Gasteiger partial charge in [0.05, 0.1) is 11.1 Å². The monoisotopic (exact) mass is 1630 g/mol. The molecule has 124 heavy (non-hydrogen) atoms. The summed E-state index contributed by atoms with van der Waals surface area (Å²) < 4.78 is 7.77. The molecule has 12 aliphatic rings. The Morgan fingerprint density at radius 1 is 0.298 bits per heavy atom. The Kier molecular flexibility index (Phi) is 19.2. The van der Waals surface area contributed by atoms with Crippen molar-refractivity contribution in [3.63, 3.8) is 0 Å². The maximum absolute atomic E-state index is 7.77. The van der Waals surface area contributed by atoms with Crippen molar-refractivity contribution in [2.75, 3.05) is 19.6 Å². The molecule has 13 aromatic rings. The summed E-state index contributed by atoms with van der Waals surface area (Å²) in [4.78, 5) is 14.4. The largest absolute Gasteiger partial charge is 0.458 e. The first-order valence-corrected chi connectivity index (χ1v) is 49.3. The fraction of sp³-hybridized carbons (Fsp3) is 0.328. The van der Waals surface area contributed by atoms with E-state index in [1.807, 2.05) is 0 Å². The summed E-state index contributed by atoms with van der Waals surface area (Å²) in [5.41, 5.74) is 33.0. The van der Waals surface area contributed by atoms with Crippen molar-refractivity contribution in [1.29, 1.82) is 0 Å². The summed E-state index contributed by atoms with van der Waals surface area (Å²) in [6.45, 7) is -0.196.